The number of benzene rings is 2. The maximum atomic E-state index is 12.9. The number of ether oxygens (including phenoxy) is 4. The first-order chi connectivity index (χ1) is 21.1. The molecule has 2 aromatic carbocycles. The van der Waals surface area contributed by atoms with Crippen molar-refractivity contribution in [3.05, 3.63) is 89.5 Å². The van der Waals surface area contributed by atoms with E-state index in [0.29, 0.717) is 54.2 Å². The zero-order valence-electron chi connectivity index (χ0n) is 23.7. The number of anilines is 2. The number of ketones is 1. The van der Waals surface area contributed by atoms with E-state index in [-0.39, 0.29) is 24.4 Å². The summed E-state index contributed by atoms with van der Waals surface area (Å²) in [5, 5.41) is 4.53. The maximum absolute atomic E-state index is 12.9. The monoisotopic (exact) mass is 601 g/mol. The van der Waals surface area contributed by atoms with Gasteiger partial charge in [0.25, 0.3) is 0 Å². The van der Waals surface area contributed by atoms with Crippen molar-refractivity contribution >= 4 is 39.8 Å². The van der Waals surface area contributed by atoms with E-state index in [1.165, 1.54) is 6.33 Å². The van der Waals surface area contributed by atoms with E-state index in [4.69, 9.17) is 30.5 Å². The molecule has 0 amide bonds. The van der Waals surface area contributed by atoms with Gasteiger partial charge in [-0.3, -0.25) is 14.7 Å². The number of methoxy groups -OCH3 is 1. The van der Waals surface area contributed by atoms with Gasteiger partial charge >= 0.3 is 0 Å². The molecule has 11 heteroatoms. The van der Waals surface area contributed by atoms with Crippen LogP contribution in [0.3, 0.4) is 0 Å². The van der Waals surface area contributed by atoms with Gasteiger partial charge in [-0.1, -0.05) is 23.7 Å². The van der Waals surface area contributed by atoms with Crippen molar-refractivity contribution in [3.8, 4) is 11.5 Å². The van der Waals surface area contributed by atoms with Gasteiger partial charge in [-0.25, -0.2) is 9.97 Å². The molecule has 2 atom stereocenters. The molecule has 222 valence electrons. The smallest absolute Gasteiger partial charge is 0.159 e. The van der Waals surface area contributed by atoms with E-state index in [0.717, 1.165) is 35.4 Å². The first kappa shape index (κ1) is 29.0. The predicted molar refractivity (Wildman–Crippen MR) is 163 cm³/mol. The van der Waals surface area contributed by atoms with E-state index in [1.807, 2.05) is 42.5 Å². The van der Waals surface area contributed by atoms with Crippen molar-refractivity contribution in [2.45, 2.75) is 25.2 Å². The number of carbonyl (C=O) groups is 1. The number of rotatable bonds is 11. The molecule has 43 heavy (non-hydrogen) atoms. The second-order valence-corrected chi connectivity index (χ2v) is 10.8. The molecule has 2 fully saturated rings. The Labute approximate surface area is 254 Å². The Morgan fingerprint density at radius 1 is 1.07 bits per heavy atom. The number of hydrogen-bond acceptors (Lipinski definition) is 10. The molecule has 2 unspecified atom stereocenters. The van der Waals surface area contributed by atoms with E-state index >= 15 is 0 Å². The number of nitrogens with one attached hydrogen (secondary N) is 1. The molecule has 0 spiro atoms. The fourth-order valence-corrected chi connectivity index (χ4v) is 5.53. The van der Waals surface area contributed by atoms with Crippen LogP contribution in [0.2, 0.25) is 5.02 Å². The number of allylic oxidation sites excluding steroid dienone is 1. The van der Waals surface area contributed by atoms with Crippen LogP contribution in [0.1, 0.15) is 11.3 Å². The number of fused-ring (bicyclic) bond motifs is 2. The van der Waals surface area contributed by atoms with Crippen LogP contribution in [-0.4, -0.2) is 77.8 Å². The van der Waals surface area contributed by atoms with Crippen molar-refractivity contribution in [2.24, 2.45) is 0 Å². The third-order valence-corrected chi connectivity index (χ3v) is 7.70. The lowest BCUT2D eigenvalue weighted by Gasteiger charge is -2.24. The third-order valence-electron chi connectivity index (χ3n) is 7.40. The summed E-state index contributed by atoms with van der Waals surface area (Å²) in [7, 11) is 1.59. The van der Waals surface area contributed by atoms with Crippen LogP contribution in [-0.2, 0) is 27.3 Å². The molecular weight excluding hydrogens is 570 g/mol. The molecule has 4 heterocycles. The number of nitrogens with zero attached hydrogens (tertiary/aromatic N) is 4. The fourth-order valence-electron chi connectivity index (χ4n) is 5.29. The molecular formula is C32H32ClN5O5. The first-order valence-electron chi connectivity index (χ1n) is 14.1. The molecule has 2 aliphatic heterocycles. The highest BCUT2D eigenvalue weighted by atomic mass is 35.5. The number of carbonyl (C=O) groups excluding carboxylic acids is 1. The molecule has 2 aromatic heterocycles. The molecule has 2 saturated heterocycles. The van der Waals surface area contributed by atoms with Gasteiger partial charge in [0, 0.05) is 55.0 Å². The number of pyridine rings is 1. The van der Waals surface area contributed by atoms with Crippen molar-refractivity contribution < 1.29 is 23.7 Å². The van der Waals surface area contributed by atoms with Crippen LogP contribution in [0, 0.1) is 0 Å². The summed E-state index contributed by atoms with van der Waals surface area (Å²) in [4.78, 5) is 28.3. The summed E-state index contributed by atoms with van der Waals surface area (Å²) in [6.07, 6.45) is 7.14. The van der Waals surface area contributed by atoms with Gasteiger partial charge in [-0.05, 0) is 42.5 Å². The van der Waals surface area contributed by atoms with Gasteiger partial charge in [0.05, 0.1) is 48.8 Å². The topological polar surface area (TPSA) is 108 Å². The van der Waals surface area contributed by atoms with Gasteiger partial charge in [0.15, 0.2) is 5.78 Å². The average molecular weight is 602 g/mol. The summed E-state index contributed by atoms with van der Waals surface area (Å²) < 4.78 is 23.0. The Morgan fingerprint density at radius 2 is 1.91 bits per heavy atom. The Kier molecular flexibility index (Phi) is 9.09. The number of aromatic nitrogens is 3. The van der Waals surface area contributed by atoms with Crippen LogP contribution >= 0.6 is 11.6 Å². The van der Waals surface area contributed by atoms with Crippen LogP contribution in [0.25, 0.3) is 10.9 Å². The Morgan fingerprint density at radius 3 is 2.65 bits per heavy atom. The largest absolute Gasteiger partial charge is 0.496 e. The maximum Gasteiger partial charge on any atom is 0.159 e. The minimum atomic E-state index is -0.0267. The lowest BCUT2D eigenvalue weighted by molar-refractivity contribution is -0.116. The second kappa shape index (κ2) is 13.5. The first-order valence-corrected chi connectivity index (χ1v) is 14.5. The minimum Gasteiger partial charge on any atom is -0.496 e. The van der Waals surface area contributed by atoms with Crippen molar-refractivity contribution in [3.63, 3.8) is 0 Å². The van der Waals surface area contributed by atoms with Crippen molar-refractivity contribution in [1.82, 2.24) is 19.9 Å². The molecule has 10 nitrogen and oxygen atoms in total. The minimum absolute atomic E-state index is 0.0267. The fraction of sp³-hybridized carbons (Fsp3) is 0.312. The van der Waals surface area contributed by atoms with Crippen LogP contribution in [0.15, 0.2) is 73.2 Å². The molecule has 0 radical (unpaired) electrons. The quantitative estimate of drug-likeness (QED) is 0.241. The molecule has 0 saturated carbocycles. The predicted octanol–water partition coefficient (Wildman–Crippen LogP) is 4.78. The highest BCUT2D eigenvalue weighted by Gasteiger charge is 2.35. The van der Waals surface area contributed by atoms with E-state index in [1.54, 1.807) is 31.5 Å². The van der Waals surface area contributed by atoms with Gasteiger partial charge in [0.2, 0.25) is 0 Å². The van der Waals surface area contributed by atoms with Crippen molar-refractivity contribution in [1.29, 1.82) is 0 Å². The van der Waals surface area contributed by atoms with E-state index < -0.39 is 0 Å². The lowest BCUT2D eigenvalue weighted by Crippen LogP contribution is -2.36. The third kappa shape index (κ3) is 7.11. The van der Waals surface area contributed by atoms with Crippen LogP contribution in [0.5, 0.6) is 11.5 Å². The number of hydrogen-bond donors (Lipinski definition) is 1. The summed E-state index contributed by atoms with van der Waals surface area (Å²) in [6, 6.07) is 14.8. The molecule has 4 aromatic rings. The highest BCUT2D eigenvalue weighted by molar-refractivity contribution is 6.32. The number of likely N-dealkylation sites (tertiary alicyclic amines) is 1. The normalized spacial score (nSPS) is 18.6. The van der Waals surface area contributed by atoms with Crippen LogP contribution in [0.4, 0.5) is 11.5 Å². The standard InChI is InChI=1S/C32H32ClN5O5/c1-40-29-16-27-25(14-21(29)13-24(39)6-4-10-38-17-30-31(18-38)42-12-11-41-30)32(36-20-35-27)37-22-7-8-28(26(33)15-22)43-19-23-5-2-3-9-34-23/h2-9,14-16,20,30-31H,10-13,17-19H2,1H3,(H,35,36,37)/b6-4+. The molecule has 0 bridgehead atoms. The SMILES string of the molecule is COc1cc2ncnc(Nc3ccc(OCc4ccccn4)c(Cl)c3)c2cc1CC(=O)/C=C/CN1CC2OCCOC2C1. The Hall–Kier alpha value is -4.09. The Balaban J connectivity index is 1.13. The average Bonchev–Trinajstić information content (AvgIpc) is 3.44. The highest BCUT2D eigenvalue weighted by Crippen LogP contribution is 2.33. The molecule has 6 rings (SSSR count). The molecule has 1 N–H and O–H groups in total. The number of halogens is 1. The Bertz CT molecular complexity index is 1610. The van der Waals surface area contributed by atoms with Gasteiger partial charge in [-0.2, -0.15) is 0 Å². The van der Waals surface area contributed by atoms with Gasteiger partial charge < -0.3 is 24.3 Å². The van der Waals surface area contributed by atoms with Crippen LogP contribution < -0.4 is 14.8 Å². The van der Waals surface area contributed by atoms with Gasteiger partial charge in [-0.15, -0.1) is 0 Å². The zero-order valence-corrected chi connectivity index (χ0v) is 24.5. The lowest BCUT2D eigenvalue weighted by atomic mass is 10.0. The summed E-state index contributed by atoms with van der Waals surface area (Å²) in [5.74, 6) is 1.69. The zero-order chi connectivity index (χ0) is 29.6. The molecule has 2 aliphatic rings. The van der Waals surface area contributed by atoms with Gasteiger partial charge in [0.1, 0.15) is 30.3 Å². The van der Waals surface area contributed by atoms with E-state index in [9.17, 15) is 4.79 Å². The summed E-state index contributed by atoms with van der Waals surface area (Å²) >= 11 is 6.52. The molecule has 0 aliphatic carbocycles. The summed E-state index contributed by atoms with van der Waals surface area (Å²) in [5.41, 5.74) is 2.96. The summed E-state index contributed by atoms with van der Waals surface area (Å²) in [6.45, 7) is 3.87. The second-order valence-electron chi connectivity index (χ2n) is 10.4. The van der Waals surface area contributed by atoms with E-state index in [2.05, 4.69) is 25.2 Å². The van der Waals surface area contributed by atoms with Crippen molar-refractivity contribution in [2.75, 3.05) is 45.3 Å².